The summed E-state index contributed by atoms with van der Waals surface area (Å²) in [5.41, 5.74) is 5.64. The Hall–Kier alpha value is -0.150. The van der Waals surface area contributed by atoms with E-state index in [0.29, 0.717) is 19.6 Å². The minimum Gasteiger partial charge on any atom is -0.374 e. The van der Waals surface area contributed by atoms with Gasteiger partial charge < -0.3 is 10.5 Å². The molecule has 3 heteroatoms. The van der Waals surface area contributed by atoms with Crippen LogP contribution in [0.2, 0.25) is 0 Å². The topological polar surface area (TPSA) is 35.2 Å². The summed E-state index contributed by atoms with van der Waals surface area (Å²) in [7, 11) is 0. The fourth-order valence-electron chi connectivity index (χ4n) is 2.12. The summed E-state index contributed by atoms with van der Waals surface area (Å²) in [6, 6.07) is 0. The summed E-state index contributed by atoms with van der Waals surface area (Å²) < 4.78 is 17.7. The van der Waals surface area contributed by atoms with Gasteiger partial charge in [-0.3, -0.25) is 4.39 Å². The normalized spacial score (nSPS) is 21.9. The quantitative estimate of drug-likeness (QED) is 0.550. The van der Waals surface area contributed by atoms with Crippen molar-refractivity contribution in [2.45, 2.75) is 50.5 Å². The van der Waals surface area contributed by atoms with Gasteiger partial charge in [0.15, 0.2) is 0 Å². The van der Waals surface area contributed by atoms with Crippen molar-refractivity contribution >= 4 is 0 Å². The third kappa shape index (κ3) is 3.54. The second kappa shape index (κ2) is 6.36. The van der Waals surface area contributed by atoms with Gasteiger partial charge in [-0.15, -0.1) is 0 Å². The Labute approximate surface area is 86.0 Å². The van der Waals surface area contributed by atoms with Crippen molar-refractivity contribution in [1.29, 1.82) is 0 Å². The van der Waals surface area contributed by atoms with Gasteiger partial charge in [0.25, 0.3) is 0 Å². The van der Waals surface area contributed by atoms with E-state index in [1.165, 1.54) is 25.7 Å². The van der Waals surface area contributed by atoms with Crippen molar-refractivity contribution in [1.82, 2.24) is 0 Å². The van der Waals surface area contributed by atoms with Crippen molar-refractivity contribution in [3.05, 3.63) is 0 Å². The Balaban J connectivity index is 2.37. The van der Waals surface area contributed by atoms with Gasteiger partial charge in [-0.1, -0.05) is 25.7 Å². The summed E-state index contributed by atoms with van der Waals surface area (Å²) in [6.07, 6.45) is 7.58. The van der Waals surface area contributed by atoms with Crippen LogP contribution in [0.4, 0.5) is 4.39 Å². The van der Waals surface area contributed by atoms with E-state index in [1.54, 1.807) is 0 Å². The van der Waals surface area contributed by atoms with E-state index in [1.807, 2.05) is 0 Å². The predicted octanol–water partition coefficient (Wildman–Crippen LogP) is 2.41. The third-order valence-corrected chi connectivity index (χ3v) is 3.07. The Kier molecular flexibility index (Phi) is 5.41. The molecule has 1 aliphatic carbocycles. The molecule has 1 aliphatic rings. The van der Waals surface area contributed by atoms with Crippen LogP contribution in [0.3, 0.4) is 0 Å². The lowest BCUT2D eigenvalue weighted by Crippen LogP contribution is -2.40. The molecule has 0 aromatic rings. The van der Waals surface area contributed by atoms with Crippen LogP contribution in [0.1, 0.15) is 44.9 Å². The minimum atomic E-state index is -0.291. The molecule has 0 saturated heterocycles. The SMILES string of the molecule is NCC1(OCCCF)CCCCCC1. The lowest BCUT2D eigenvalue weighted by molar-refractivity contribution is -0.0514. The molecule has 0 unspecified atom stereocenters. The van der Waals surface area contributed by atoms with E-state index in [9.17, 15) is 4.39 Å². The summed E-state index contributed by atoms with van der Waals surface area (Å²) in [5.74, 6) is 0. The number of hydrogen-bond acceptors (Lipinski definition) is 2. The molecule has 1 saturated carbocycles. The lowest BCUT2D eigenvalue weighted by atomic mass is 9.94. The molecule has 1 rings (SSSR count). The molecule has 2 nitrogen and oxygen atoms in total. The molecular weight excluding hydrogens is 181 g/mol. The maximum Gasteiger partial charge on any atom is 0.0916 e. The van der Waals surface area contributed by atoms with Gasteiger partial charge in [0, 0.05) is 13.2 Å². The molecule has 0 aliphatic heterocycles. The standard InChI is InChI=1S/C11H22FNO/c12-8-5-9-14-11(10-13)6-3-1-2-4-7-11/h1-10,13H2. The van der Waals surface area contributed by atoms with Crippen LogP contribution in [-0.2, 0) is 4.74 Å². The van der Waals surface area contributed by atoms with Crippen LogP contribution >= 0.6 is 0 Å². The third-order valence-electron chi connectivity index (χ3n) is 3.07. The van der Waals surface area contributed by atoms with Crippen molar-refractivity contribution in [2.24, 2.45) is 5.73 Å². The Morgan fingerprint density at radius 1 is 1.14 bits per heavy atom. The van der Waals surface area contributed by atoms with E-state index < -0.39 is 0 Å². The van der Waals surface area contributed by atoms with Crippen LogP contribution < -0.4 is 5.73 Å². The van der Waals surface area contributed by atoms with Gasteiger partial charge in [0.05, 0.1) is 12.3 Å². The smallest absolute Gasteiger partial charge is 0.0916 e. The maximum atomic E-state index is 11.9. The zero-order chi connectivity index (χ0) is 10.3. The molecule has 1 fully saturated rings. The van der Waals surface area contributed by atoms with Crippen LogP contribution in [0.15, 0.2) is 0 Å². The van der Waals surface area contributed by atoms with Crippen molar-refractivity contribution < 1.29 is 9.13 Å². The highest BCUT2D eigenvalue weighted by Gasteiger charge is 2.29. The van der Waals surface area contributed by atoms with E-state index in [0.717, 1.165) is 12.8 Å². The van der Waals surface area contributed by atoms with Gasteiger partial charge in [-0.25, -0.2) is 0 Å². The fourth-order valence-corrected chi connectivity index (χ4v) is 2.12. The summed E-state index contributed by atoms with van der Waals surface area (Å²) in [4.78, 5) is 0. The largest absolute Gasteiger partial charge is 0.374 e. The monoisotopic (exact) mass is 203 g/mol. The molecule has 2 N–H and O–H groups in total. The van der Waals surface area contributed by atoms with Gasteiger partial charge in [0.2, 0.25) is 0 Å². The van der Waals surface area contributed by atoms with Crippen LogP contribution in [0.25, 0.3) is 0 Å². The summed E-state index contributed by atoms with van der Waals surface area (Å²) in [5, 5.41) is 0. The molecule has 14 heavy (non-hydrogen) atoms. The highest BCUT2D eigenvalue weighted by molar-refractivity contribution is 4.84. The second-order valence-corrected chi connectivity index (χ2v) is 4.19. The molecule has 0 amide bonds. The number of alkyl halides is 1. The predicted molar refractivity (Wildman–Crippen MR) is 56.0 cm³/mol. The van der Waals surface area contributed by atoms with E-state index in [4.69, 9.17) is 10.5 Å². The fraction of sp³-hybridized carbons (Fsp3) is 1.00. The molecule has 0 aromatic carbocycles. The molecule has 0 bridgehead atoms. The second-order valence-electron chi connectivity index (χ2n) is 4.19. The average Bonchev–Trinajstić information content (AvgIpc) is 2.45. The molecular formula is C11H22FNO. The van der Waals surface area contributed by atoms with Gasteiger partial charge in [-0.2, -0.15) is 0 Å². The lowest BCUT2D eigenvalue weighted by Gasteiger charge is -2.31. The number of halogens is 1. The maximum absolute atomic E-state index is 11.9. The van der Waals surface area contributed by atoms with Crippen molar-refractivity contribution in [2.75, 3.05) is 19.8 Å². The summed E-state index contributed by atoms with van der Waals surface area (Å²) in [6.45, 7) is 0.813. The first-order valence-corrected chi connectivity index (χ1v) is 5.73. The highest BCUT2D eigenvalue weighted by Crippen LogP contribution is 2.29. The summed E-state index contributed by atoms with van der Waals surface area (Å²) >= 11 is 0. The van der Waals surface area contributed by atoms with E-state index in [-0.39, 0.29) is 12.3 Å². The number of ether oxygens (including phenoxy) is 1. The number of rotatable bonds is 5. The Morgan fingerprint density at radius 3 is 2.29 bits per heavy atom. The van der Waals surface area contributed by atoms with Crippen LogP contribution in [-0.4, -0.2) is 25.4 Å². The number of nitrogens with two attached hydrogens (primary N) is 1. The van der Waals surface area contributed by atoms with Gasteiger partial charge in [-0.05, 0) is 19.3 Å². The first-order chi connectivity index (χ1) is 6.83. The zero-order valence-electron chi connectivity index (χ0n) is 8.93. The van der Waals surface area contributed by atoms with Crippen LogP contribution in [0.5, 0.6) is 0 Å². The molecule has 0 atom stereocenters. The first kappa shape index (κ1) is 11.9. The molecule has 0 aromatic heterocycles. The van der Waals surface area contributed by atoms with Crippen molar-refractivity contribution in [3.8, 4) is 0 Å². The number of hydrogen-bond donors (Lipinski definition) is 1. The molecule has 0 heterocycles. The van der Waals surface area contributed by atoms with Crippen molar-refractivity contribution in [3.63, 3.8) is 0 Å². The zero-order valence-corrected chi connectivity index (χ0v) is 8.93. The molecule has 84 valence electrons. The molecule has 0 spiro atoms. The first-order valence-electron chi connectivity index (χ1n) is 5.73. The highest BCUT2D eigenvalue weighted by atomic mass is 19.1. The molecule has 0 radical (unpaired) electrons. The minimum absolute atomic E-state index is 0.133. The van der Waals surface area contributed by atoms with E-state index in [2.05, 4.69) is 0 Å². The Bertz CT molecular complexity index is 144. The average molecular weight is 203 g/mol. The van der Waals surface area contributed by atoms with E-state index >= 15 is 0 Å². The van der Waals surface area contributed by atoms with Gasteiger partial charge >= 0.3 is 0 Å². The Morgan fingerprint density at radius 2 is 1.79 bits per heavy atom. The van der Waals surface area contributed by atoms with Crippen LogP contribution in [0, 0.1) is 0 Å². The van der Waals surface area contributed by atoms with Gasteiger partial charge in [0.1, 0.15) is 0 Å².